The third-order valence-electron chi connectivity index (χ3n) is 3.40. The van der Waals surface area contributed by atoms with Crippen LogP contribution in [0.4, 0.5) is 11.4 Å². The summed E-state index contributed by atoms with van der Waals surface area (Å²) in [6, 6.07) is 8.54. The number of fused-ring (bicyclic) bond motifs is 1. The lowest BCUT2D eigenvalue weighted by Gasteiger charge is -2.36. The number of para-hydroxylation sites is 2. The van der Waals surface area contributed by atoms with E-state index in [1.54, 1.807) is 11.3 Å². The van der Waals surface area contributed by atoms with E-state index in [-0.39, 0.29) is 0 Å². The highest BCUT2D eigenvalue weighted by Gasteiger charge is 2.20. The zero-order valence-corrected chi connectivity index (χ0v) is 12.4. The molecule has 100 valence electrons. The molecule has 0 unspecified atom stereocenters. The summed E-state index contributed by atoms with van der Waals surface area (Å²) in [4.78, 5) is 9.24. The van der Waals surface area contributed by atoms with Crippen LogP contribution in [0.25, 0.3) is 0 Å². The number of hydrogen-bond acceptors (Lipinski definition) is 4. The van der Waals surface area contributed by atoms with Gasteiger partial charge in [-0.25, -0.2) is 4.98 Å². The highest BCUT2D eigenvalue weighted by molar-refractivity contribution is 7.09. The Hall–Kier alpha value is -1.26. The molecule has 0 saturated carbocycles. The Morgan fingerprint density at radius 2 is 2.05 bits per heavy atom. The van der Waals surface area contributed by atoms with E-state index in [1.807, 2.05) is 5.38 Å². The smallest absolute Gasteiger partial charge is 0.112 e. The third kappa shape index (κ3) is 2.55. The zero-order valence-electron chi connectivity index (χ0n) is 10.8. The molecule has 1 aromatic heterocycles. The highest BCUT2D eigenvalue weighted by Crippen LogP contribution is 2.32. The molecule has 0 radical (unpaired) electrons. The third-order valence-corrected chi connectivity index (χ3v) is 4.56. The maximum absolute atomic E-state index is 5.81. The van der Waals surface area contributed by atoms with Gasteiger partial charge in [0.05, 0.1) is 29.5 Å². The summed E-state index contributed by atoms with van der Waals surface area (Å²) in [7, 11) is 2.14. The van der Waals surface area contributed by atoms with Crippen LogP contribution in [0.15, 0.2) is 29.6 Å². The second-order valence-electron chi connectivity index (χ2n) is 4.70. The molecule has 0 fully saturated rings. The van der Waals surface area contributed by atoms with Gasteiger partial charge in [0, 0.05) is 25.5 Å². The Kier molecular flexibility index (Phi) is 3.62. The summed E-state index contributed by atoms with van der Waals surface area (Å²) in [5.74, 6) is 0.496. The summed E-state index contributed by atoms with van der Waals surface area (Å²) in [6.45, 7) is 2.94. The van der Waals surface area contributed by atoms with Gasteiger partial charge in [0.1, 0.15) is 5.01 Å². The molecule has 2 aromatic rings. The minimum atomic E-state index is 0.496. The van der Waals surface area contributed by atoms with Crippen LogP contribution >= 0.6 is 22.9 Å². The highest BCUT2D eigenvalue weighted by atomic mass is 35.5. The number of aromatic nitrogens is 1. The molecule has 0 N–H and O–H groups in total. The van der Waals surface area contributed by atoms with E-state index in [2.05, 4.69) is 46.1 Å². The van der Waals surface area contributed by atoms with Crippen molar-refractivity contribution in [3.05, 3.63) is 40.3 Å². The van der Waals surface area contributed by atoms with Crippen LogP contribution in [0.5, 0.6) is 0 Å². The topological polar surface area (TPSA) is 19.4 Å². The molecule has 5 heteroatoms. The van der Waals surface area contributed by atoms with Crippen molar-refractivity contribution in [1.82, 2.24) is 4.98 Å². The average Bonchev–Trinajstić information content (AvgIpc) is 2.90. The molecule has 0 atom stereocenters. The number of halogens is 1. The largest absolute Gasteiger partial charge is 0.371 e. The summed E-state index contributed by atoms with van der Waals surface area (Å²) >= 11 is 7.50. The lowest BCUT2D eigenvalue weighted by Crippen LogP contribution is -2.38. The van der Waals surface area contributed by atoms with Gasteiger partial charge in [-0.2, -0.15) is 0 Å². The molecule has 3 nitrogen and oxygen atoms in total. The number of hydrogen-bond donors (Lipinski definition) is 0. The Balaban J connectivity index is 1.84. The normalized spacial score (nSPS) is 14.6. The van der Waals surface area contributed by atoms with Gasteiger partial charge in [-0.3, -0.25) is 0 Å². The number of thiazole rings is 1. The number of nitrogens with zero attached hydrogens (tertiary/aromatic N) is 3. The Morgan fingerprint density at radius 1 is 1.26 bits per heavy atom. The van der Waals surface area contributed by atoms with Gasteiger partial charge in [-0.05, 0) is 12.1 Å². The standard InChI is InChI=1S/C14H16ClN3S/c1-17-6-7-18(13-5-3-2-4-12(13)17)9-14-16-11(8-15)10-19-14/h2-5,10H,6-9H2,1H3. The van der Waals surface area contributed by atoms with E-state index >= 15 is 0 Å². The van der Waals surface area contributed by atoms with Crippen molar-refractivity contribution in [3.8, 4) is 0 Å². The molecule has 3 rings (SSSR count). The van der Waals surface area contributed by atoms with Gasteiger partial charge in [0.25, 0.3) is 0 Å². The number of benzene rings is 1. The molecule has 1 aliphatic heterocycles. The van der Waals surface area contributed by atoms with Crippen LogP contribution < -0.4 is 9.80 Å². The lowest BCUT2D eigenvalue weighted by molar-refractivity contribution is 0.731. The van der Waals surface area contributed by atoms with Crippen molar-refractivity contribution in [3.63, 3.8) is 0 Å². The minimum absolute atomic E-state index is 0.496. The van der Waals surface area contributed by atoms with Gasteiger partial charge >= 0.3 is 0 Å². The second-order valence-corrected chi connectivity index (χ2v) is 5.91. The monoisotopic (exact) mass is 293 g/mol. The molecule has 1 aromatic carbocycles. The lowest BCUT2D eigenvalue weighted by atomic mass is 10.2. The SMILES string of the molecule is CN1CCN(Cc2nc(CCl)cs2)c2ccccc21. The first kappa shape index (κ1) is 12.8. The van der Waals surface area contributed by atoms with E-state index < -0.39 is 0 Å². The summed E-state index contributed by atoms with van der Waals surface area (Å²) in [5, 5.41) is 3.18. The molecule has 0 bridgehead atoms. The zero-order chi connectivity index (χ0) is 13.2. The Morgan fingerprint density at radius 3 is 2.79 bits per heavy atom. The van der Waals surface area contributed by atoms with E-state index in [9.17, 15) is 0 Å². The van der Waals surface area contributed by atoms with Crippen molar-refractivity contribution in [1.29, 1.82) is 0 Å². The molecule has 1 aliphatic rings. The first-order valence-corrected chi connectivity index (χ1v) is 7.73. The van der Waals surface area contributed by atoms with E-state index in [1.165, 1.54) is 11.4 Å². The fourth-order valence-electron chi connectivity index (χ4n) is 2.38. The number of anilines is 2. The van der Waals surface area contributed by atoms with Crippen LogP contribution in [0.1, 0.15) is 10.7 Å². The van der Waals surface area contributed by atoms with Crippen LogP contribution in [0, 0.1) is 0 Å². The van der Waals surface area contributed by atoms with Crippen molar-refractivity contribution in [2.75, 3.05) is 29.9 Å². The average molecular weight is 294 g/mol. The Labute approximate surface area is 122 Å². The fraction of sp³-hybridized carbons (Fsp3) is 0.357. The van der Waals surface area contributed by atoms with Crippen LogP contribution in [-0.4, -0.2) is 25.1 Å². The number of likely N-dealkylation sites (N-methyl/N-ethyl adjacent to an activating group) is 1. The maximum atomic E-state index is 5.81. The Bertz CT molecular complexity index is 569. The molecule has 19 heavy (non-hydrogen) atoms. The van der Waals surface area contributed by atoms with Gasteiger partial charge in [-0.1, -0.05) is 12.1 Å². The van der Waals surface area contributed by atoms with Crippen molar-refractivity contribution in [2.45, 2.75) is 12.4 Å². The van der Waals surface area contributed by atoms with Crippen LogP contribution in [0.3, 0.4) is 0 Å². The molecular formula is C14H16ClN3S. The van der Waals surface area contributed by atoms with Gasteiger partial charge < -0.3 is 9.80 Å². The molecule has 0 amide bonds. The van der Waals surface area contributed by atoms with Crippen LogP contribution in [-0.2, 0) is 12.4 Å². The van der Waals surface area contributed by atoms with Gasteiger partial charge in [0.2, 0.25) is 0 Å². The van der Waals surface area contributed by atoms with Gasteiger partial charge in [-0.15, -0.1) is 22.9 Å². The first-order valence-electron chi connectivity index (χ1n) is 6.32. The predicted molar refractivity (Wildman–Crippen MR) is 82.4 cm³/mol. The number of rotatable bonds is 3. The van der Waals surface area contributed by atoms with Crippen molar-refractivity contribution >= 4 is 34.3 Å². The number of alkyl halides is 1. The molecule has 0 saturated heterocycles. The summed E-state index contributed by atoms with van der Waals surface area (Å²) in [5.41, 5.74) is 3.56. The van der Waals surface area contributed by atoms with Gasteiger partial charge in [0.15, 0.2) is 0 Å². The predicted octanol–water partition coefficient (Wildman–Crippen LogP) is 3.34. The minimum Gasteiger partial charge on any atom is -0.371 e. The first-order chi connectivity index (χ1) is 9.28. The van der Waals surface area contributed by atoms with Crippen LogP contribution in [0.2, 0.25) is 0 Å². The van der Waals surface area contributed by atoms with Crippen molar-refractivity contribution < 1.29 is 0 Å². The molecular weight excluding hydrogens is 278 g/mol. The molecule has 2 heterocycles. The van der Waals surface area contributed by atoms with E-state index in [4.69, 9.17) is 11.6 Å². The van der Waals surface area contributed by atoms with E-state index in [0.717, 1.165) is 30.3 Å². The summed E-state index contributed by atoms with van der Waals surface area (Å²) in [6.07, 6.45) is 0. The second kappa shape index (κ2) is 5.39. The van der Waals surface area contributed by atoms with Crippen molar-refractivity contribution in [2.24, 2.45) is 0 Å². The molecule has 0 aliphatic carbocycles. The summed E-state index contributed by atoms with van der Waals surface area (Å²) < 4.78 is 0. The maximum Gasteiger partial charge on any atom is 0.112 e. The quantitative estimate of drug-likeness (QED) is 0.809. The van der Waals surface area contributed by atoms with E-state index in [0.29, 0.717) is 5.88 Å². The fourth-order valence-corrected chi connectivity index (χ4v) is 3.41. The molecule has 0 spiro atoms.